The van der Waals surface area contributed by atoms with Crippen LogP contribution in [0.25, 0.3) is 0 Å². The molecule has 0 aliphatic rings. The first kappa shape index (κ1) is 16.3. The highest BCUT2D eigenvalue weighted by Gasteiger charge is 2.11. The Hall–Kier alpha value is 0.310. The van der Waals surface area contributed by atoms with Gasteiger partial charge in [0, 0.05) is 6.04 Å². The van der Waals surface area contributed by atoms with Gasteiger partial charge in [-0.2, -0.15) is 11.8 Å². The standard InChI is InChI=1S/C14H31NS/c1-5-11-15-14(13(3)4)10-8-7-9-12-16-6-2/h13-15H,5-12H2,1-4H3. The molecule has 0 aliphatic carbocycles. The fourth-order valence-electron chi connectivity index (χ4n) is 1.89. The van der Waals surface area contributed by atoms with Crippen molar-refractivity contribution in [3.63, 3.8) is 0 Å². The second-order valence-corrected chi connectivity index (χ2v) is 6.24. The summed E-state index contributed by atoms with van der Waals surface area (Å²) in [7, 11) is 0. The molecule has 2 heteroatoms. The molecule has 98 valence electrons. The summed E-state index contributed by atoms with van der Waals surface area (Å²) >= 11 is 2.07. The molecule has 1 nitrogen and oxygen atoms in total. The molecular formula is C14H31NS. The molecule has 1 atom stereocenters. The summed E-state index contributed by atoms with van der Waals surface area (Å²) in [6.07, 6.45) is 6.80. The van der Waals surface area contributed by atoms with E-state index in [1.807, 2.05) is 0 Å². The molecule has 0 aromatic rings. The van der Waals surface area contributed by atoms with Crippen LogP contribution in [0.3, 0.4) is 0 Å². The van der Waals surface area contributed by atoms with Crippen molar-refractivity contribution < 1.29 is 0 Å². The molecular weight excluding hydrogens is 214 g/mol. The Labute approximate surface area is 107 Å². The Kier molecular flexibility index (Phi) is 12.0. The third-order valence-corrected chi connectivity index (χ3v) is 3.95. The van der Waals surface area contributed by atoms with Crippen molar-refractivity contribution in [2.75, 3.05) is 18.1 Å². The van der Waals surface area contributed by atoms with Crippen LogP contribution in [0.2, 0.25) is 0 Å². The summed E-state index contributed by atoms with van der Waals surface area (Å²) in [5.74, 6) is 3.40. The minimum atomic E-state index is 0.735. The van der Waals surface area contributed by atoms with Gasteiger partial charge in [0.05, 0.1) is 0 Å². The van der Waals surface area contributed by atoms with Crippen LogP contribution >= 0.6 is 11.8 Å². The molecule has 0 aromatic carbocycles. The van der Waals surface area contributed by atoms with E-state index in [4.69, 9.17) is 0 Å². The molecule has 0 heterocycles. The predicted molar refractivity (Wildman–Crippen MR) is 78.4 cm³/mol. The van der Waals surface area contributed by atoms with Gasteiger partial charge in [-0.05, 0) is 43.2 Å². The van der Waals surface area contributed by atoms with Crippen LogP contribution in [0.1, 0.15) is 59.8 Å². The predicted octanol–water partition coefficient (Wildman–Crippen LogP) is 4.32. The Morgan fingerprint density at radius 1 is 1.06 bits per heavy atom. The number of thioether (sulfide) groups is 1. The van der Waals surface area contributed by atoms with Crippen LogP contribution in [0.5, 0.6) is 0 Å². The normalized spacial score (nSPS) is 13.3. The van der Waals surface area contributed by atoms with Gasteiger partial charge in [-0.25, -0.2) is 0 Å². The fourth-order valence-corrected chi connectivity index (χ4v) is 2.59. The van der Waals surface area contributed by atoms with Crippen molar-refractivity contribution in [3.8, 4) is 0 Å². The summed E-state index contributed by atoms with van der Waals surface area (Å²) in [4.78, 5) is 0. The zero-order chi connectivity index (χ0) is 12.2. The molecule has 1 unspecified atom stereocenters. The monoisotopic (exact) mass is 245 g/mol. The summed E-state index contributed by atoms with van der Waals surface area (Å²) in [5, 5.41) is 3.67. The smallest absolute Gasteiger partial charge is 0.00900 e. The van der Waals surface area contributed by atoms with E-state index >= 15 is 0 Å². The summed E-state index contributed by atoms with van der Waals surface area (Å²) in [5.41, 5.74) is 0. The molecule has 0 amide bonds. The molecule has 0 radical (unpaired) electrons. The van der Waals surface area contributed by atoms with Crippen molar-refractivity contribution >= 4 is 11.8 Å². The maximum Gasteiger partial charge on any atom is 0.00900 e. The third-order valence-electron chi connectivity index (χ3n) is 2.97. The van der Waals surface area contributed by atoms with Gasteiger partial charge in [0.2, 0.25) is 0 Å². The Morgan fingerprint density at radius 2 is 1.81 bits per heavy atom. The number of nitrogens with one attached hydrogen (secondary N) is 1. The number of rotatable bonds is 11. The van der Waals surface area contributed by atoms with E-state index in [1.54, 1.807) is 0 Å². The quantitative estimate of drug-likeness (QED) is 0.544. The highest BCUT2D eigenvalue weighted by Crippen LogP contribution is 2.13. The van der Waals surface area contributed by atoms with E-state index in [9.17, 15) is 0 Å². The molecule has 0 aliphatic heterocycles. The van der Waals surface area contributed by atoms with E-state index in [0.29, 0.717) is 0 Å². The summed E-state index contributed by atoms with van der Waals surface area (Å²) < 4.78 is 0. The lowest BCUT2D eigenvalue weighted by molar-refractivity contribution is 0.366. The van der Waals surface area contributed by atoms with Gasteiger partial charge in [0.1, 0.15) is 0 Å². The Balaban J connectivity index is 3.44. The molecule has 0 rings (SSSR count). The van der Waals surface area contributed by atoms with Gasteiger partial charge < -0.3 is 5.32 Å². The van der Waals surface area contributed by atoms with E-state index < -0.39 is 0 Å². The van der Waals surface area contributed by atoms with Crippen molar-refractivity contribution in [2.45, 2.75) is 65.8 Å². The van der Waals surface area contributed by atoms with E-state index in [2.05, 4.69) is 44.8 Å². The van der Waals surface area contributed by atoms with E-state index in [-0.39, 0.29) is 0 Å². The lowest BCUT2D eigenvalue weighted by atomic mass is 9.98. The molecule has 0 saturated heterocycles. The Bertz CT molecular complexity index is 137. The lowest BCUT2D eigenvalue weighted by Gasteiger charge is -2.22. The van der Waals surface area contributed by atoms with Gasteiger partial charge in [-0.15, -0.1) is 0 Å². The third kappa shape index (κ3) is 9.53. The van der Waals surface area contributed by atoms with E-state index in [1.165, 1.54) is 50.2 Å². The Morgan fingerprint density at radius 3 is 2.38 bits per heavy atom. The van der Waals surface area contributed by atoms with Gasteiger partial charge >= 0.3 is 0 Å². The molecule has 0 saturated carbocycles. The average Bonchev–Trinajstić information content (AvgIpc) is 2.26. The minimum absolute atomic E-state index is 0.735. The van der Waals surface area contributed by atoms with Gasteiger partial charge in [-0.3, -0.25) is 0 Å². The molecule has 0 aromatic heterocycles. The second kappa shape index (κ2) is 11.8. The summed E-state index contributed by atoms with van der Waals surface area (Å²) in [6, 6.07) is 0.735. The van der Waals surface area contributed by atoms with Crippen LogP contribution in [-0.2, 0) is 0 Å². The van der Waals surface area contributed by atoms with Crippen molar-refractivity contribution in [1.29, 1.82) is 0 Å². The van der Waals surface area contributed by atoms with Gasteiger partial charge in [0.15, 0.2) is 0 Å². The maximum absolute atomic E-state index is 3.67. The molecule has 0 fully saturated rings. The topological polar surface area (TPSA) is 12.0 Å². The zero-order valence-corrected chi connectivity index (χ0v) is 12.5. The first-order valence-corrected chi connectivity index (χ1v) is 8.18. The highest BCUT2D eigenvalue weighted by molar-refractivity contribution is 7.99. The highest BCUT2D eigenvalue weighted by atomic mass is 32.2. The largest absolute Gasteiger partial charge is 0.314 e. The maximum atomic E-state index is 3.67. The van der Waals surface area contributed by atoms with Crippen LogP contribution < -0.4 is 5.32 Å². The summed E-state index contributed by atoms with van der Waals surface area (Å²) in [6.45, 7) is 10.3. The number of unbranched alkanes of at least 4 members (excludes halogenated alkanes) is 2. The van der Waals surface area contributed by atoms with Gasteiger partial charge in [-0.1, -0.05) is 40.5 Å². The minimum Gasteiger partial charge on any atom is -0.314 e. The van der Waals surface area contributed by atoms with Crippen LogP contribution in [0, 0.1) is 5.92 Å². The van der Waals surface area contributed by atoms with Gasteiger partial charge in [0.25, 0.3) is 0 Å². The second-order valence-electron chi connectivity index (χ2n) is 4.85. The fraction of sp³-hybridized carbons (Fsp3) is 1.00. The first-order chi connectivity index (χ1) is 7.72. The van der Waals surface area contributed by atoms with Crippen molar-refractivity contribution in [1.82, 2.24) is 5.32 Å². The first-order valence-electron chi connectivity index (χ1n) is 7.03. The molecule has 0 bridgehead atoms. The lowest BCUT2D eigenvalue weighted by Crippen LogP contribution is -2.34. The van der Waals surface area contributed by atoms with Crippen molar-refractivity contribution in [2.24, 2.45) is 5.92 Å². The van der Waals surface area contributed by atoms with Crippen LogP contribution in [0.4, 0.5) is 0 Å². The zero-order valence-electron chi connectivity index (χ0n) is 11.7. The van der Waals surface area contributed by atoms with E-state index in [0.717, 1.165) is 12.0 Å². The van der Waals surface area contributed by atoms with Crippen molar-refractivity contribution in [3.05, 3.63) is 0 Å². The van der Waals surface area contributed by atoms with Crippen LogP contribution in [-0.4, -0.2) is 24.1 Å². The SMILES string of the molecule is CCCNC(CCCCCSCC)C(C)C. The average molecular weight is 245 g/mol. The number of hydrogen-bond acceptors (Lipinski definition) is 2. The molecule has 1 N–H and O–H groups in total. The number of hydrogen-bond donors (Lipinski definition) is 1. The molecule has 0 spiro atoms. The van der Waals surface area contributed by atoms with Crippen LogP contribution in [0.15, 0.2) is 0 Å². The molecule has 16 heavy (non-hydrogen) atoms.